The third-order valence-electron chi connectivity index (χ3n) is 3.41. The molecule has 0 atom stereocenters. The van der Waals surface area contributed by atoms with E-state index in [1.54, 1.807) is 41.1 Å². The van der Waals surface area contributed by atoms with Gasteiger partial charge in [-0.1, -0.05) is 23.7 Å². The van der Waals surface area contributed by atoms with Gasteiger partial charge < -0.3 is 4.74 Å². The summed E-state index contributed by atoms with van der Waals surface area (Å²) < 4.78 is 7.54. The van der Waals surface area contributed by atoms with E-state index in [4.69, 9.17) is 16.3 Å². The lowest BCUT2D eigenvalue weighted by molar-refractivity contribution is -0.134. The second kappa shape index (κ2) is 7.15. The lowest BCUT2D eigenvalue weighted by Crippen LogP contribution is -2.16. The molecular weight excluding hydrogens is 396 g/mol. The van der Waals surface area contributed by atoms with Crippen molar-refractivity contribution in [3.63, 3.8) is 0 Å². The summed E-state index contributed by atoms with van der Waals surface area (Å²) in [5, 5.41) is 5.20. The number of carbonyl (C=O) groups is 1. The van der Waals surface area contributed by atoms with Crippen LogP contribution < -0.4 is 10.2 Å². The molecule has 2 aromatic carbocycles. The van der Waals surface area contributed by atoms with Crippen LogP contribution in [0.4, 0.5) is 0 Å². The van der Waals surface area contributed by atoms with Gasteiger partial charge in [0, 0.05) is 10.4 Å². The van der Waals surface area contributed by atoms with Crippen molar-refractivity contribution in [3.8, 4) is 5.75 Å². The van der Waals surface area contributed by atoms with E-state index in [0.717, 1.165) is 0 Å². The average molecular weight is 408 g/mol. The van der Waals surface area contributed by atoms with Gasteiger partial charge >= 0.3 is 5.97 Å². The molecule has 0 N–H and O–H groups in total. The maximum Gasteiger partial charge on any atom is 0.313 e. The first-order valence-electron chi connectivity index (χ1n) is 7.15. The zero-order valence-corrected chi connectivity index (χ0v) is 14.8. The largest absolute Gasteiger partial charge is 0.425 e. The maximum absolute atomic E-state index is 12.0. The standard InChI is InChI=1S/C17H12BrClN2O3/c18-13-9-11(19)5-6-16(13)24-17(23)7-8-21-14-4-2-1-3-12(14)15(22)10-20-21/h1-6,9-10H,7-8H2. The molecule has 0 bridgehead atoms. The van der Waals surface area contributed by atoms with Crippen LogP contribution in [0.15, 0.2) is 57.9 Å². The van der Waals surface area contributed by atoms with Crippen LogP contribution in [0.3, 0.4) is 0 Å². The fourth-order valence-electron chi connectivity index (χ4n) is 2.27. The molecule has 1 heterocycles. The summed E-state index contributed by atoms with van der Waals surface area (Å²) in [5.41, 5.74) is 0.542. The number of aromatic nitrogens is 2. The summed E-state index contributed by atoms with van der Waals surface area (Å²) in [7, 11) is 0. The van der Waals surface area contributed by atoms with E-state index in [2.05, 4.69) is 21.0 Å². The van der Waals surface area contributed by atoms with Crippen LogP contribution >= 0.6 is 27.5 Å². The van der Waals surface area contributed by atoms with Crippen molar-refractivity contribution < 1.29 is 9.53 Å². The Morgan fingerprint density at radius 1 is 1.25 bits per heavy atom. The van der Waals surface area contributed by atoms with Crippen LogP contribution in [0.1, 0.15) is 6.42 Å². The predicted molar refractivity (Wildman–Crippen MR) is 95.4 cm³/mol. The highest BCUT2D eigenvalue weighted by atomic mass is 79.9. The normalized spacial score (nSPS) is 10.8. The van der Waals surface area contributed by atoms with Crippen LogP contribution in [0, 0.1) is 0 Å². The number of fused-ring (bicyclic) bond motifs is 1. The van der Waals surface area contributed by atoms with Gasteiger partial charge in [0.15, 0.2) is 0 Å². The summed E-state index contributed by atoms with van der Waals surface area (Å²) >= 11 is 9.15. The fraction of sp³-hybridized carbons (Fsp3) is 0.118. The molecule has 1 aromatic heterocycles. The van der Waals surface area contributed by atoms with Gasteiger partial charge in [-0.3, -0.25) is 14.3 Å². The van der Waals surface area contributed by atoms with Crippen molar-refractivity contribution in [2.24, 2.45) is 0 Å². The highest BCUT2D eigenvalue weighted by Crippen LogP contribution is 2.28. The van der Waals surface area contributed by atoms with Crippen LogP contribution in [-0.4, -0.2) is 15.7 Å². The highest BCUT2D eigenvalue weighted by Gasteiger charge is 2.10. The van der Waals surface area contributed by atoms with Crippen molar-refractivity contribution in [2.45, 2.75) is 13.0 Å². The van der Waals surface area contributed by atoms with E-state index in [1.807, 2.05) is 6.07 Å². The van der Waals surface area contributed by atoms with Crippen molar-refractivity contribution in [3.05, 3.63) is 68.4 Å². The second-order valence-corrected chi connectivity index (χ2v) is 6.34. The van der Waals surface area contributed by atoms with Crippen molar-refractivity contribution in [1.82, 2.24) is 9.78 Å². The Hall–Kier alpha value is -2.18. The minimum absolute atomic E-state index is 0.120. The molecule has 0 fully saturated rings. The first-order valence-corrected chi connectivity index (χ1v) is 8.32. The summed E-state index contributed by atoms with van der Waals surface area (Å²) in [6, 6.07) is 12.1. The zero-order valence-electron chi connectivity index (χ0n) is 12.4. The quantitative estimate of drug-likeness (QED) is 0.487. The number of halogens is 2. The Balaban J connectivity index is 1.73. The molecule has 5 nitrogen and oxygen atoms in total. The number of esters is 1. The summed E-state index contributed by atoms with van der Waals surface area (Å²) in [5.74, 6) is 0.00438. The second-order valence-electron chi connectivity index (χ2n) is 5.05. The lowest BCUT2D eigenvalue weighted by atomic mass is 10.2. The molecule has 24 heavy (non-hydrogen) atoms. The molecule has 3 rings (SSSR count). The van der Waals surface area contributed by atoms with Crippen molar-refractivity contribution in [2.75, 3.05) is 0 Å². The molecule has 0 amide bonds. The van der Waals surface area contributed by atoms with Gasteiger partial charge in [0.2, 0.25) is 5.43 Å². The maximum atomic E-state index is 12.0. The van der Waals surface area contributed by atoms with E-state index in [1.165, 1.54) is 6.20 Å². The Labute approximate surface area is 150 Å². The molecule has 122 valence electrons. The average Bonchev–Trinajstić information content (AvgIpc) is 2.57. The third kappa shape index (κ3) is 3.66. The molecule has 0 radical (unpaired) electrons. The Morgan fingerprint density at radius 3 is 2.83 bits per heavy atom. The minimum atomic E-state index is -0.400. The first kappa shape index (κ1) is 16.7. The van der Waals surface area contributed by atoms with Gasteiger partial charge in [0.1, 0.15) is 5.75 Å². The molecule has 0 aliphatic rings. The highest BCUT2D eigenvalue weighted by molar-refractivity contribution is 9.10. The van der Waals surface area contributed by atoms with Crippen molar-refractivity contribution >= 4 is 44.4 Å². The Morgan fingerprint density at radius 2 is 2.04 bits per heavy atom. The molecule has 0 unspecified atom stereocenters. The zero-order chi connectivity index (χ0) is 17.1. The van der Waals surface area contributed by atoms with Gasteiger partial charge in [-0.15, -0.1) is 0 Å². The van der Waals surface area contributed by atoms with Gasteiger partial charge in [-0.25, -0.2) is 0 Å². The minimum Gasteiger partial charge on any atom is -0.425 e. The van der Waals surface area contributed by atoms with Gasteiger partial charge in [0.05, 0.1) is 29.2 Å². The number of nitrogens with zero attached hydrogens (tertiary/aromatic N) is 2. The molecule has 0 saturated heterocycles. The predicted octanol–water partition coefficient (Wildman–Crippen LogP) is 3.81. The lowest BCUT2D eigenvalue weighted by Gasteiger charge is -2.10. The number of benzene rings is 2. The van der Waals surface area contributed by atoms with Crippen LogP contribution in [0.5, 0.6) is 5.75 Å². The summed E-state index contributed by atoms with van der Waals surface area (Å²) in [6.45, 7) is 0.310. The van der Waals surface area contributed by atoms with E-state index < -0.39 is 5.97 Å². The number of ether oxygens (including phenoxy) is 1. The molecule has 0 saturated carbocycles. The van der Waals surface area contributed by atoms with Gasteiger partial charge in [0.25, 0.3) is 0 Å². The summed E-state index contributed by atoms with van der Waals surface area (Å²) in [6.07, 6.45) is 1.37. The fourth-order valence-corrected chi connectivity index (χ4v) is 3.03. The molecule has 0 aliphatic carbocycles. The van der Waals surface area contributed by atoms with Crippen LogP contribution in [0.25, 0.3) is 10.9 Å². The summed E-state index contributed by atoms with van der Waals surface area (Å²) in [4.78, 5) is 23.8. The van der Waals surface area contributed by atoms with Crippen LogP contribution in [-0.2, 0) is 11.3 Å². The molecule has 0 aliphatic heterocycles. The monoisotopic (exact) mass is 406 g/mol. The van der Waals surface area contributed by atoms with E-state index >= 15 is 0 Å². The van der Waals surface area contributed by atoms with Gasteiger partial charge in [-0.05, 0) is 46.3 Å². The molecule has 3 aromatic rings. The van der Waals surface area contributed by atoms with Crippen LogP contribution in [0.2, 0.25) is 5.02 Å². The number of carbonyl (C=O) groups excluding carboxylic acids is 1. The number of aryl methyl sites for hydroxylation is 1. The third-order valence-corrected chi connectivity index (χ3v) is 4.26. The topological polar surface area (TPSA) is 61.2 Å². The first-order chi connectivity index (χ1) is 11.5. The molecule has 0 spiro atoms. The number of hydrogen-bond acceptors (Lipinski definition) is 4. The van der Waals surface area contributed by atoms with Crippen molar-refractivity contribution in [1.29, 1.82) is 0 Å². The Bertz CT molecular complexity index is 971. The molecule has 7 heteroatoms. The number of rotatable bonds is 4. The van der Waals surface area contributed by atoms with E-state index in [-0.39, 0.29) is 11.8 Å². The Kier molecular flexibility index (Phi) is 4.97. The van der Waals surface area contributed by atoms with E-state index in [9.17, 15) is 9.59 Å². The number of hydrogen-bond donors (Lipinski definition) is 0. The van der Waals surface area contributed by atoms with E-state index in [0.29, 0.717) is 32.7 Å². The SMILES string of the molecule is O=C(CCn1ncc(=O)c2ccccc21)Oc1ccc(Cl)cc1Br. The van der Waals surface area contributed by atoms with Gasteiger partial charge in [-0.2, -0.15) is 5.10 Å². The molecular formula is C17H12BrClN2O3. The smallest absolute Gasteiger partial charge is 0.313 e. The number of para-hydroxylation sites is 1.